The van der Waals surface area contributed by atoms with Gasteiger partial charge in [0.25, 0.3) is 0 Å². The molecule has 1 saturated heterocycles. The van der Waals surface area contributed by atoms with Crippen LogP contribution in [0.5, 0.6) is 0 Å². The topological polar surface area (TPSA) is 23.6 Å². The van der Waals surface area contributed by atoms with Gasteiger partial charge in [-0.1, -0.05) is 13.3 Å². The van der Waals surface area contributed by atoms with Gasteiger partial charge >= 0.3 is 6.03 Å². The molecule has 2 amide bonds. The lowest BCUT2D eigenvalue weighted by atomic mass is 10.1. The minimum atomic E-state index is -0.0658. The van der Waals surface area contributed by atoms with Crippen LogP contribution in [0.2, 0.25) is 0 Å². The predicted molar refractivity (Wildman–Crippen MR) is 72.2 cm³/mol. The van der Waals surface area contributed by atoms with Crippen molar-refractivity contribution in [3.63, 3.8) is 0 Å². The molecule has 17 heavy (non-hydrogen) atoms. The molecule has 0 radical (unpaired) electrons. The van der Waals surface area contributed by atoms with Gasteiger partial charge in [-0.2, -0.15) is 0 Å². The van der Waals surface area contributed by atoms with Crippen LogP contribution < -0.4 is 0 Å². The molecule has 0 aromatic carbocycles. The average Bonchev–Trinajstić information content (AvgIpc) is 2.29. The Morgan fingerprint density at radius 1 is 1.18 bits per heavy atom. The summed E-state index contributed by atoms with van der Waals surface area (Å²) in [5.41, 5.74) is -0.0658. The molecule has 0 atom stereocenters. The van der Waals surface area contributed by atoms with E-state index in [-0.39, 0.29) is 11.6 Å². The normalized spacial score (nSPS) is 17.1. The monoisotopic (exact) mass is 240 g/mol. The zero-order chi connectivity index (χ0) is 12.9. The number of nitrogens with zero attached hydrogens (tertiary/aromatic N) is 2. The van der Waals surface area contributed by atoms with E-state index in [1.807, 2.05) is 9.80 Å². The van der Waals surface area contributed by atoms with Crippen LogP contribution in [0.15, 0.2) is 0 Å². The second-order valence-corrected chi connectivity index (χ2v) is 6.01. The van der Waals surface area contributed by atoms with Crippen LogP contribution in [0.4, 0.5) is 4.79 Å². The molecule has 3 nitrogen and oxygen atoms in total. The van der Waals surface area contributed by atoms with Crippen LogP contribution in [0.3, 0.4) is 0 Å². The average molecular weight is 240 g/mol. The van der Waals surface area contributed by atoms with Gasteiger partial charge in [-0.15, -0.1) is 0 Å². The number of amides is 2. The molecule has 1 fully saturated rings. The third-order valence-electron chi connectivity index (χ3n) is 3.40. The second kappa shape index (κ2) is 6.27. The SMILES string of the molecule is CCCCN(C(=O)N1CCCCC1)C(C)(C)C. The zero-order valence-electron chi connectivity index (χ0n) is 12.0. The van der Waals surface area contributed by atoms with Crippen molar-refractivity contribution in [1.82, 2.24) is 9.80 Å². The van der Waals surface area contributed by atoms with Gasteiger partial charge in [0.05, 0.1) is 0 Å². The fourth-order valence-electron chi connectivity index (χ4n) is 2.29. The largest absolute Gasteiger partial charge is 0.325 e. The lowest BCUT2D eigenvalue weighted by Gasteiger charge is -2.40. The van der Waals surface area contributed by atoms with Gasteiger partial charge in [-0.3, -0.25) is 0 Å². The van der Waals surface area contributed by atoms with Crippen molar-refractivity contribution in [3.8, 4) is 0 Å². The maximum atomic E-state index is 12.5. The Morgan fingerprint density at radius 3 is 2.24 bits per heavy atom. The molecule has 100 valence electrons. The first-order chi connectivity index (χ1) is 7.96. The minimum absolute atomic E-state index is 0.0658. The van der Waals surface area contributed by atoms with Crippen LogP contribution in [-0.4, -0.2) is 41.0 Å². The number of rotatable bonds is 3. The summed E-state index contributed by atoms with van der Waals surface area (Å²) in [7, 11) is 0. The summed E-state index contributed by atoms with van der Waals surface area (Å²) in [6.07, 6.45) is 5.83. The molecule has 1 aliphatic heterocycles. The van der Waals surface area contributed by atoms with Gasteiger partial charge in [-0.05, 0) is 46.5 Å². The van der Waals surface area contributed by atoms with Crippen molar-refractivity contribution in [2.24, 2.45) is 0 Å². The summed E-state index contributed by atoms with van der Waals surface area (Å²) in [5, 5.41) is 0. The smallest absolute Gasteiger partial charge is 0.320 e. The van der Waals surface area contributed by atoms with Crippen molar-refractivity contribution >= 4 is 6.03 Å². The van der Waals surface area contributed by atoms with Crippen LogP contribution in [0.1, 0.15) is 59.8 Å². The molecule has 1 rings (SSSR count). The highest BCUT2D eigenvalue weighted by atomic mass is 16.2. The summed E-state index contributed by atoms with van der Waals surface area (Å²) in [5.74, 6) is 0. The van der Waals surface area contributed by atoms with Crippen molar-refractivity contribution in [2.45, 2.75) is 65.3 Å². The summed E-state index contributed by atoms with van der Waals surface area (Å²) >= 11 is 0. The first-order valence-corrected chi connectivity index (χ1v) is 7.03. The molecule has 1 heterocycles. The van der Waals surface area contributed by atoms with E-state index in [1.54, 1.807) is 0 Å². The Bertz CT molecular complexity index is 239. The quantitative estimate of drug-likeness (QED) is 0.740. The number of carbonyl (C=O) groups excluding carboxylic acids is 1. The van der Waals surface area contributed by atoms with E-state index in [4.69, 9.17) is 0 Å². The van der Waals surface area contributed by atoms with Crippen LogP contribution in [0, 0.1) is 0 Å². The number of urea groups is 1. The van der Waals surface area contributed by atoms with Crippen molar-refractivity contribution in [2.75, 3.05) is 19.6 Å². The number of likely N-dealkylation sites (tertiary alicyclic amines) is 1. The molecule has 0 unspecified atom stereocenters. The first-order valence-electron chi connectivity index (χ1n) is 7.03. The third kappa shape index (κ3) is 4.21. The minimum Gasteiger partial charge on any atom is -0.325 e. The van der Waals surface area contributed by atoms with Crippen LogP contribution >= 0.6 is 0 Å². The Morgan fingerprint density at radius 2 is 1.76 bits per heavy atom. The molecule has 0 aliphatic carbocycles. The second-order valence-electron chi connectivity index (χ2n) is 6.01. The van der Waals surface area contributed by atoms with E-state index in [0.717, 1.165) is 45.3 Å². The Kier molecular flexibility index (Phi) is 5.29. The molecule has 3 heteroatoms. The Labute approximate surface area is 106 Å². The summed E-state index contributed by atoms with van der Waals surface area (Å²) in [6.45, 7) is 11.3. The molecule has 0 bridgehead atoms. The molecule has 0 N–H and O–H groups in total. The van der Waals surface area contributed by atoms with Gasteiger partial charge < -0.3 is 9.80 Å². The van der Waals surface area contributed by atoms with E-state index in [2.05, 4.69) is 27.7 Å². The molecule has 0 saturated carbocycles. The van der Waals surface area contributed by atoms with Gasteiger partial charge in [0.15, 0.2) is 0 Å². The van der Waals surface area contributed by atoms with Crippen molar-refractivity contribution in [1.29, 1.82) is 0 Å². The summed E-state index contributed by atoms with van der Waals surface area (Å²) in [6, 6.07) is 0.241. The van der Waals surface area contributed by atoms with E-state index in [0.29, 0.717) is 0 Å². The molecular weight excluding hydrogens is 212 g/mol. The fraction of sp³-hybridized carbons (Fsp3) is 0.929. The Balaban J connectivity index is 2.64. The molecule has 0 aromatic heterocycles. The Hall–Kier alpha value is -0.730. The van der Waals surface area contributed by atoms with E-state index in [1.165, 1.54) is 6.42 Å². The lowest BCUT2D eigenvalue weighted by Crippen LogP contribution is -2.53. The van der Waals surface area contributed by atoms with Crippen LogP contribution in [0.25, 0.3) is 0 Å². The van der Waals surface area contributed by atoms with Gasteiger partial charge in [0.2, 0.25) is 0 Å². The number of piperidine rings is 1. The number of carbonyl (C=O) groups is 1. The molecule has 1 aliphatic rings. The highest BCUT2D eigenvalue weighted by molar-refractivity contribution is 5.75. The zero-order valence-corrected chi connectivity index (χ0v) is 12.0. The van der Waals surface area contributed by atoms with Gasteiger partial charge in [-0.25, -0.2) is 4.79 Å². The highest BCUT2D eigenvalue weighted by Crippen LogP contribution is 2.19. The number of hydrogen-bond donors (Lipinski definition) is 0. The molecule has 0 aromatic rings. The van der Waals surface area contributed by atoms with Crippen molar-refractivity contribution in [3.05, 3.63) is 0 Å². The predicted octanol–water partition coefficient (Wildman–Crippen LogP) is 3.49. The number of hydrogen-bond acceptors (Lipinski definition) is 1. The number of unbranched alkanes of at least 4 members (excludes halogenated alkanes) is 1. The van der Waals surface area contributed by atoms with Gasteiger partial charge in [0, 0.05) is 25.2 Å². The maximum Gasteiger partial charge on any atom is 0.320 e. The fourth-order valence-corrected chi connectivity index (χ4v) is 2.29. The third-order valence-corrected chi connectivity index (χ3v) is 3.40. The van der Waals surface area contributed by atoms with E-state index < -0.39 is 0 Å². The van der Waals surface area contributed by atoms with E-state index in [9.17, 15) is 4.79 Å². The molecular formula is C14H28N2O. The van der Waals surface area contributed by atoms with Crippen molar-refractivity contribution < 1.29 is 4.79 Å². The standard InChI is InChI=1S/C14H28N2O/c1-5-6-12-16(14(2,3)4)13(17)15-10-8-7-9-11-15/h5-12H2,1-4H3. The van der Waals surface area contributed by atoms with Crippen LogP contribution in [-0.2, 0) is 0 Å². The highest BCUT2D eigenvalue weighted by Gasteiger charge is 2.29. The summed E-state index contributed by atoms with van der Waals surface area (Å²) < 4.78 is 0. The molecule has 0 spiro atoms. The van der Waals surface area contributed by atoms with Gasteiger partial charge in [0.1, 0.15) is 0 Å². The maximum absolute atomic E-state index is 12.5. The van der Waals surface area contributed by atoms with E-state index >= 15 is 0 Å². The lowest BCUT2D eigenvalue weighted by molar-refractivity contribution is 0.102. The summed E-state index contributed by atoms with van der Waals surface area (Å²) in [4.78, 5) is 16.6. The first kappa shape index (κ1) is 14.3.